The van der Waals surface area contributed by atoms with Gasteiger partial charge < -0.3 is 25.0 Å². The number of hydrogen-bond donors (Lipinski definition) is 3. The Balaban J connectivity index is 1.42. The Morgan fingerprint density at radius 1 is 1.11 bits per heavy atom. The van der Waals surface area contributed by atoms with E-state index in [4.69, 9.17) is 9.47 Å². The molecule has 0 bridgehead atoms. The molecular formula is C31H41N5O10S. The van der Waals surface area contributed by atoms with Crippen molar-refractivity contribution in [2.24, 2.45) is 5.92 Å². The van der Waals surface area contributed by atoms with Gasteiger partial charge in [0.15, 0.2) is 0 Å². The van der Waals surface area contributed by atoms with E-state index in [2.05, 4.69) is 15.4 Å². The molecule has 1 aromatic carbocycles. The van der Waals surface area contributed by atoms with Crippen LogP contribution in [0.2, 0.25) is 0 Å². The fourth-order valence-electron chi connectivity index (χ4n) is 5.96. The Morgan fingerprint density at radius 3 is 2.45 bits per heavy atom. The second kappa shape index (κ2) is 13.1. The Bertz CT molecular complexity index is 1550. The summed E-state index contributed by atoms with van der Waals surface area (Å²) >= 11 is 0. The number of hydrogen-bond acceptors (Lipinski definition) is 10. The van der Waals surface area contributed by atoms with E-state index in [1.165, 1.54) is 29.2 Å². The van der Waals surface area contributed by atoms with Crippen molar-refractivity contribution < 1.29 is 42.0 Å². The number of nitro groups is 1. The van der Waals surface area contributed by atoms with E-state index in [9.17, 15) is 37.7 Å². The molecule has 4 aliphatic rings. The van der Waals surface area contributed by atoms with Crippen LogP contribution in [-0.4, -0.2) is 83.2 Å². The molecule has 2 aliphatic carbocycles. The molecule has 3 N–H and O–H groups in total. The smallest absolute Gasteiger partial charge is 0.408 e. The summed E-state index contributed by atoms with van der Waals surface area (Å²) in [6, 6.07) is 3.23. The van der Waals surface area contributed by atoms with Gasteiger partial charge in [-0.3, -0.25) is 29.2 Å². The van der Waals surface area contributed by atoms with Gasteiger partial charge in [-0.1, -0.05) is 18.6 Å². The van der Waals surface area contributed by atoms with Crippen LogP contribution in [0.4, 0.5) is 10.5 Å². The number of alkyl carbamates (subject to hydrolysis) is 1. The number of sulfonamides is 1. The fourth-order valence-corrected chi connectivity index (χ4v) is 7.32. The lowest BCUT2D eigenvalue weighted by molar-refractivity contribution is -0.384. The van der Waals surface area contributed by atoms with Gasteiger partial charge in [-0.15, -0.1) is 0 Å². The van der Waals surface area contributed by atoms with Gasteiger partial charge in [0, 0.05) is 24.5 Å². The van der Waals surface area contributed by atoms with Crippen LogP contribution < -0.4 is 20.1 Å². The molecule has 5 atom stereocenters. The Hall–Kier alpha value is -4.21. The first-order valence-electron chi connectivity index (χ1n) is 15.8. The maximum Gasteiger partial charge on any atom is 0.408 e. The quantitative estimate of drug-likeness (QED) is 0.219. The summed E-state index contributed by atoms with van der Waals surface area (Å²) in [4.78, 5) is 66.2. The van der Waals surface area contributed by atoms with Crippen LogP contribution in [0.15, 0.2) is 36.4 Å². The van der Waals surface area contributed by atoms with Crippen LogP contribution >= 0.6 is 0 Å². The van der Waals surface area contributed by atoms with Gasteiger partial charge >= 0.3 is 6.09 Å². The maximum absolute atomic E-state index is 14.1. The number of ether oxygens (including phenoxy) is 2. The molecule has 4 amide bonds. The normalized spacial score (nSPS) is 28.9. The minimum Gasteiger partial charge on any atom is -0.488 e. The van der Waals surface area contributed by atoms with Crippen LogP contribution in [0.3, 0.4) is 0 Å². The zero-order valence-electron chi connectivity index (χ0n) is 26.6. The summed E-state index contributed by atoms with van der Waals surface area (Å²) in [7, 11) is -3.89. The number of carbonyl (C=O) groups is 4. The molecule has 0 aromatic heterocycles. The van der Waals surface area contributed by atoms with E-state index in [-0.39, 0.29) is 37.2 Å². The number of fused-ring (bicyclic) bond motifs is 2. The highest BCUT2D eigenvalue weighted by molar-refractivity contribution is 7.91. The number of nitrogens with one attached hydrogen (secondary N) is 3. The summed E-state index contributed by atoms with van der Waals surface area (Å²) in [6.45, 7) is 5.03. The molecule has 1 aromatic rings. The van der Waals surface area contributed by atoms with Crippen LogP contribution in [-0.2, 0) is 29.1 Å². The molecule has 2 aliphatic heterocycles. The molecule has 0 radical (unpaired) electrons. The lowest BCUT2D eigenvalue weighted by Gasteiger charge is -2.30. The average Bonchev–Trinajstić information content (AvgIpc) is 3.90. The Morgan fingerprint density at radius 2 is 1.81 bits per heavy atom. The second-order valence-corrected chi connectivity index (χ2v) is 15.6. The molecule has 15 nitrogen and oxygen atoms in total. The first-order chi connectivity index (χ1) is 22.1. The van der Waals surface area contributed by atoms with E-state index in [1.807, 2.05) is 12.2 Å². The third-order valence-electron chi connectivity index (χ3n) is 8.63. The molecule has 2 heterocycles. The molecule has 47 heavy (non-hydrogen) atoms. The van der Waals surface area contributed by atoms with Gasteiger partial charge in [-0.05, 0) is 71.4 Å². The second-order valence-electron chi connectivity index (χ2n) is 13.6. The van der Waals surface area contributed by atoms with Gasteiger partial charge in [0.05, 0.1) is 16.7 Å². The SMILES string of the molecule is CC(C)(C)OC(=O)N[C@H]1CCCC/C=C\[C@@H]2C[C@@]2(C(=O)NS(=O)(=O)C2CC2)NC(=O)[C@@H]2C[C@@H](Oc3ccc([N+](=O)[O-])cc3)CN2C1=O. The van der Waals surface area contributed by atoms with E-state index < -0.39 is 79.3 Å². The lowest BCUT2D eigenvalue weighted by Crippen LogP contribution is -2.58. The minimum atomic E-state index is -3.89. The molecule has 16 heteroatoms. The summed E-state index contributed by atoms with van der Waals surface area (Å²) in [5, 5.41) is 15.9. The van der Waals surface area contributed by atoms with E-state index in [1.54, 1.807) is 20.8 Å². The predicted molar refractivity (Wildman–Crippen MR) is 167 cm³/mol. The highest BCUT2D eigenvalue weighted by atomic mass is 32.2. The van der Waals surface area contributed by atoms with Crippen molar-refractivity contribution in [3.63, 3.8) is 0 Å². The van der Waals surface area contributed by atoms with Gasteiger partial charge in [0.2, 0.25) is 21.8 Å². The zero-order chi connectivity index (χ0) is 34.1. The van der Waals surface area contributed by atoms with Crippen molar-refractivity contribution in [2.45, 2.75) is 107 Å². The molecule has 1 saturated heterocycles. The number of nitrogens with zero attached hydrogens (tertiary/aromatic N) is 2. The number of carbonyl (C=O) groups excluding carboxylic acids is 4. The number of benzene rings is 1. The van der Waals surface area contributed by atoms with E-state index >= 15 is 0 Å². The number of nitro benzene ring substituents is 1. The molecule has 5 rings (SSSR count). The van der Waals surface area contributed by atoms with Crippen LogP contribution in [0.1, 0.15) is 72.1 Å². The number of amides is 4. The molecule has 2 saturated carbocycles. The standard InChI is InChI=1S/C31H41N5O10S/c1-30(2,3)46-29(40)32-24-9-7-5-4-6-8-19-17-31(19,28(39)34-47(43,44)23-14-15-23)33-26(37)25-16-22(18-35(25)27(24)38)45-21-12-10-20(11-13-21)36(41)42/h6,8,10-13,19,22-25H,4-5,7,9,14-18H2,1-3H3,(H,32,40)(H,33,37)(H,34,39)/b8-6-/t19-,22-,24+,25+,31-/m1/s1. The molecule has 0 spiro atoms. The van der Waals surface area contributed by atoms with Crippen LogP contribution in [0, 0.1) is 16.0 Å². The minimum absolute atomic E-state index is 0.00625. The van der Waals surface area contributed by atoms with Crippen LogP contribution in [0.25, 0.3) is 0 Å². The fraction of sp³-hybridized carbons (Fsp3) is 0.613. The number of rotatable bonds is 7. The third kappa shape index (κ3) is 8.21. The number of non-ortho nitro benzene ring substituents is 1. The van der Waals surface area contributed by atoms with Crippen LogP contribution in [0.5, 0.6) is 5.75 Å². The highest BCUT2D eigenvalue weighted by Gasteiger charge is 2.62. The summed E-state index contributed by atoms with van der Waals surface area (Å²) in [5.41, 5.74) is -2.46. The van der Waals surface area contributed by atoms with Gasteiger partial charge in [0.1, 0.15) is 35.1 Å². The molecular weight excluding hydrogens is 634 g/mol. The van der Waals surface area contributed by atoms with E-state index in [0.717, 1.165) is 0 Å². The Kier molecular flexibility index (Phi) is 9.53. The first-order valence-corrected chi connectivity index (χ1v) is 17.4. The first kappa shape index (κ1) is 34.1. The average molecular weight is 676 g/mol. The van der Waals surface area contributed by atoms with E-state index in [0.29, 0.717) is 32.1 Å². The van der Waals surface area contributed by atoms with Crippen molar-refractivity contribution in [1.29, 1.82) is 0 Å². The zero-order valence-corrected chi connectivity index (χ0v) is 27.4. The van der Waals surface area contributed by atoms with Gasteiger partial charge in [-0.25, -0.2) is 13.2 Å². The summed E-state index contributed by atoms with van der Waals surface area (Å²) in [5.74, 6) is -2.19. The highest BCUT2D eigenvalue weighted by Crippen LogP contribution is 2.46. The largest absolute Gasteiger partial charge is 0.488 e. The predicted octanol–water partition coefficient (Wildman–Crippen LogP) is 2.45. The molecule has 256 valence electrons. The van der Waals surface area contributed by atoms with Crippen molar-refractivity contribution in [2.75, 3.05) is 6.54 Å². The van der Waals surface area contributed by atoms with Crippen molar-refractivity contribution in [3.8, 4) is 5.75 Å². The Labute approximate surface area is 273 Å². The third-order valence-corrected chi connectivity index (χ3v) is 10.5. The lowest BCUT2D eigenvalue weighted by atomic mass is 10.0. The summed E-state index contributed by atoms with van der Waals surface area (Å²) in [6.07, 6.45) is 5.39. The van der Waals surface area contributed by atoms with Crippen molar-refractivity contribution in [1.82, 2.24) is 20.3 Å². The van der Waals surface area contributed by atoms with Crippen molar-refractivity contribution in [3.05, 3.63) is 46.5 Å². The molecule has 0 unspecified atom stereocenters. The summed E-state index contributed by atoms with van der Waals surface area (Å²) < 4.78 is 38.9. The van der Waals surface area contributed by atoms with Crippen molar-refractivity contribution >= 4 is 39.5 Å². The maximum atomic E-state index is 14.1. The van der Waals surface area contributed by atoms with Gasteiger partial charge in [-0.2, -0.15) is 0 Å². The monoisotopic (exact) mass is 675 g/mol. The van der Waals surface area contributed by atoms with Gasteiger partial charge in [0.25, 0.3) is 11.6 Å². The number of allylic oxidation sites excluding steroid dienone is 1. The topological polar surface area (TPSA) is 203 Å². The molecule has 3 fully saturated rings.